The summed E-state index contributed by atoms with van der Waals surface area (Å²) in [5, 5.41) is 6.80. The van der Waals surface area contributed by atoms with E-state index in [1.165, 1.54) is 24.0 Å². The minimum atomic E-state index is 0.545. The summed E-state index contributed by atoms with van der Waals surface area (Å²) in [6, 6.07) is 10.5. The highest BCUT2D eigenvalue weighted by atomic mass is 32.1. The summed E-state index contributed by atoms with van der Waals surface area (Å²) in [7, 11) is 0. The molecule has 4 rings (SSSR count). The van der Waals surface area contributed by atoms with Crippen LogP contribution in [0.2, 0.25) is 0 Å². The number of benzene rings is 1. The molecule has 1 N–H and O–H groups in total. The van der Waals surface area contributed by atoms with Gasteiger partial charge in [0.25, 0.3) is 0 Å². The van der Waals surface area contributed by atoms with Gasteiger partial charge in [-0.15, -0.1) is 11.3 Å². The van der Waals surface area contributed by atoms with E-state index in [9.17, 15) is 0 Å². The Bertz CT molecular complexity index is 827. The fraction of sp³-hybridized carbons (Fsp3) is 0.368. The zero-order chi connectivity index (χ0) is 16.4. The normalized spacial score (nSPS) is 14.2. The van der Waals surface area contributed by atoms with Crippen molar-refractivity contribution in [2.45, 2.75) is 25.7 Å². The molecule has 0 spiro atoms. The van der Waals surface area contributed by atoms with Gasteiger partial charge in [-0.1, -0.05) is 30.3 Å². The van der Waals surface area contributed by atoms with Gasteiger partial charge in [0.1, 0.15) is 16.5 Å². The quantitative estimate of drug-likeness (QED) is 0.635. The Hall–Kier alpha value is -1.98. The number of thiophene rings is 1. The van der Waals surface area contributed by atoms with Crippen LogP contribution in [0.5, 0.6) is 0 Å². The second kappa shape index (κ2) is 6.87. The molecule has 0 unspecified atom stereocenters. The first-order valence-corrected chi connectivity index (χ1v) is 9.41. The van der Waals surface area contributed by atoms with E-state index >= 15 is 0 Å². The van der Waals surface area contributed by atoms with Gasteiger partial charge in [-0.2, -0.15) is 0 Å². The average molecular weight is 339 g/mol. The predicted molar refractivity (Wildman–Crippen MR) is 99.8 cm³/mol. The number of aromatic nitrogens is 2. The number of rotatable bonds is 7. The Kier molecular flexibility index (Phi) is 4.45. The first-order chi connectivity index (χ1) is 11.9. The number of fused-ring (bicyclic) bond motifs is 1. The minimum absolute atomic E-state index is 0.545. The van der Waals surface area contributed by atoms with Gasteiger partial charge in [0, 0.05) is 30.0 Å². The van der Waals surface area contributed by atoms with E-state index in [2.05, 4.69) is 35.0 Å². The fourth-order valence-electron chi connectivity index (χ4n) is 2.83. The standard InChI is InChI=1S/C19H21N3OS/c1-2-23-11-10-20-18-16-15(13-6-4-3-5-7-13)12-24-19(16)22-17(21-18)14-8-9-14/h3-7,12,14H,2,8-11H2,1H3,(H,20,21,22). The van der Waals surface area contributed by atoms with Gasteiger partial charge in [-0.05, 0) is 25.3 Å². The summed E-state index contributed by atoms with van der Waals surface area (Å²) in [4.78, 5) is 10.7. The van der Waals surface area contributed by atoms with E-state index in [4.69, 9.17) is 14.7 Å². The second-order valence-corrected chi connectivity index (χ2v) is 6.88. The van der Waals surface area contributed by atoms with Crippen molar-refractivity contribution in [3.05, 3.63) is 41.5 Å². The van der Waals surface area contributed by atoms with E-state index in [1.807, 2.05) is 13.0 Å². The Balaban J connectivity index is 1.75. The SMILES string of the molecule is CCOCCNc1nc(C2CC2)nc2scc(-c3ccccc3)c12. The minimum Gasteiger partial charge on any atom is -0.380 e. The van der Waals surface area contributed by atoms with Crippen molar-refractivity contribution in [2.75, 3.05) is 25.1 Å². The fourth-order valence-corrected chi connectivity index (χ4v) is 3.78. The van der Waals surface area contributed by atoms with Gasteiger partial charge >= 0.3 is 0 Å². The summed E-state index contributed by atoms with van der Waals surface area (Å²) in [6.45, 7) is 4.20. The smallest absolute Gasteiger partial charge is 0.139 e. The molecule has 2 heterocycles. The first kappa shape index (κ1) is 15.5. The largest absolute Gasteiger partial charge is 0.380 e. The van der Waals surface area contributed by atoms with E-state index < -0.39 is 0 Å². The van der Waals surface area contributed by atoms with Crippen LogP contribution in [0, 0.1) is 0 Å². The van der Waals surface area contributed by atoms with Gasteiger partial charge in [-0.3, -0.25) is 0 Å². The molecule has 124 valence electrons. The van der Waals surface area contributed by atoms with Crippen LogP contribution in [0.25, 0.3) is 21.3 Å². The molecule has 24 heavy (non-hydrogen) atoms. The highest BCUT2D eigenvalue weighted by Gasteiger charge is 2.28. The lowest BCUT2D eigenvalue weighted by Crippen LogP contribution is -2.11. The van der Waals surface area contributed by atoms with Gasteiger partial charge in [-0.25, -0.2) is 9.97 Å². The van der Waals surface area contributed by atoms with Crippen LogP contribution in [-0.4, -0.2) is 29.7 Å². The molecule has 0 aliphatic heterocycles. The van der Waals surface area contributed by atoms with Gasteiger partial charge in [0.2, 0.25) is 0 Å². The van der Waals surface area contributed by atoms with Crippen molar-refractivity contribution < 1.29 is 4.74 Å². The molecule has 1 aliphatic carbocycles. The molecule has 4 nitrogen and oxygen atoms in total. The maximum absolute atomic E-state index is 5.45. The maximum atomic E-state index is 5.45. The summed E-state index contributed by atoms with van der Waals surface area (Å²) in [5.41, 5.74) is 2.41. The van der Waals surface area contributed by atoms with Crippen LogP contribution in [-0.2, 0) is 4.74 Å². The lowest BCUT2D eigenvalue weighted by molar-refractivity contribution is 0.158. The monoisotopic (exact) mass is 339 g/mol. The third-order valence-corrected chi connectivity index (χ3v) is 5.09. The molecule has 0 saturated heterocycles. The van der Waals surface area contributed by atoms with Crippen LogP contribution >= 0.6 is 11.3 Å². The molecule has 0 radical (unpaired) electrons. The van der Waals surface area contributed by atoms with E-state index in [1.54, 1.807) is 11.3 Å². The van der Waals surface area contributed by atoms with Gasteiger partial charge in [0.15, 0.2) is 0 Å². The third kappa shape index (κ3) is 3.14. The molecule has 1 aliphatic rings. The molecule has 1 fully saturated rings. The van der Waals surface area contributed by atoms with Crippen molar-refractivity contribution in [3.8, 4) is 11.1 Å². The average Bonchev–Trinajstić information content (AvgIpc) is 3.38. The number of hydrogen-bond acceptors (Lipinski definition) is 5. The number of ether oxygens (including phenoxy) is 1. The number of nitrogens with one attached hydrogen (secondary N) is 1. The highest BCUT2D eigenvalue weighted by molar-refractivity contribution is 7.17. The van der Waals surface area contributed by atoms with Crippen LogP contribution in [0.15, 0.2) is 35.7 Å². The summed E-state index contributed by atoms with van der Waals surface area (Å²) in [5.74, 6) is 2.48. The highest BCUT2D eigenvalue weighted by Crippen LogP contribution is 2.42. The zero-order valence-electron chi connectivity index (χ0n) is 13.8. The molecule has 5 heteroatoms. The van der Waals surface area contributed by atoms with Crippen LogP contribution in [0.4, 0.5) is 5.82 Å². The second-order valence-electron chi connectivity index (χ2n) is 6.02. The molecule has 3 aromatic rings. The molecule has 0 atom stereocenters. The number of hydrogen-bond donors (Lipinski definition) is 1. The summed E-state index contributed by atoms with van der Waals surface area (Å²) < 4.78 is 5.45. The molecule has 1 saturated carbocycles. The maximum Gasteiger partial charge on any atom is 0.139 e. The van der Waals surface area contributed by atoms with Crippen molar-refractivity contribution in [1.29, 1.82) is 0 Å². The molecule has 2 aromatic heterocycles. The molecular formula is C19H21N3OS. The number of nitrogens with zero attached hydrogens (tertiary/aromatic N) is 2. The van der Waals surface area contributed by atoms with E-state index in [0.717, 1.165) is 35.0 Å². The Morgan fingerprint density at radius 2 is 2.04 bits per heavy atom. The van der Waals surface area contributed by atoms with Gasteiger partial charge in [0.05, 0.1) is 12.0 Å². The summed E-state index contributed by atoms with van der Waals surface area (Å²) in [6.07, 6.45) is 2.42. The van der Waals surface area contributed by atoms with Crippen molar-refractivity contribution >= 4 is 27.4 Å². The zero-order valence-corrected chi connectivity index (χ0v) is 14.6. The van der Waals surface area contributed by atoms with E-state index in [-0.39, 0.29) is 0 Å². The lowest BCUT2D eigenvalue weighted by Gasteiger charge is -2.10. The van der Waals surface area contributed by atoms with Gasteiger partial charge < -0.3 is 10.1 Å². The summed E-state index contributed by atoms with van der Waals surface area (Å²) >= 11 is 1.70. The predicted octanol–water partition coefficient (Wildman–Crippen LogP) is 4.68. The Morgan fingerprint density at radius 1 is 1.21 bits per heavy atom. The molecule has 0 bridgehead atoms. The van der Waals surface area contributed by atoms with Crippen LogP contribution < -0.4 is 5.32 Å². The molecule has 0 amide bonds. The number of anilines is 1. The topological polar surface area (TPSA) is 47.0 Å². The van der Waals surface area contributed by atoms with Crippen molar-refractivity contribution in [3.63, 3.8) is 0 Å². The first-order valence-electron chi connectivity index (χ1n) is 8.53. The third-order valence-electron chi connectivity index (χ3n) is 4.22. The van der Waals surface area contributed by atoms with Crippen LogP contribution in [0.1, 0.15) is 31.5 Å². The van der Waals surface area contributed by atoms with Crippen molar-refractivity contribution in [2.24, 2.45) is 0 Å². The molecular weight excluding hydrogens is 318 g/mol. The Labute approximate surface area is 145 Å². The Morgan fingerprint density at radius 3 is 2.79 bits per heavy atom. The van der Waals surface area contributed by atoms with Crippen LogP contribution in [0.3, 0.4) is 0 Å². The van der Waals surface area contributed by atoms with E-state index in [0.29, 0.717) is 12.5 Å². The molecule has 1 aromatic carbocycles. The lowest BCUT2D eigenvalue weighted by atomic mass is 10.1. The van der Waals surface area contributed by atoms with Crippen molar-refractivity contribution in [1.82, 2.24) is 9.97 Å².